The number of piperazine rings is 1. The summed E-state index contributed by atoms with van der Waals surface area (Å²) in [7, 11) is 0. The molecule has 0 unspecified atom stereocenters. The van der Waals surface area contributed by atoms with Gasteiger partial charge in [-0.15, -0.1) is 0 Å². The molecule has 3 aliphatic rings. The topological polar surface area (TPSA) is 106 Å². The Bertz CT molecular complexity index is 1400. The van der Waals surface area contributed by atoms with Gasteiger partial charge in [-0.1, -0.05) is 39.3 Å². The van der Waals surface area contributed by atoms with Gasteiger partial charge in [0.15, 0.2) is 0 Å². The molecule has 2 aromatic rings. The zero-order valence-corrected chi connectivity index (χ0v) is 26.2. The Morgan fingerprint density at radius 1 is 1.07 bits per heavy atom. The Morgan fingerprint density at radius 3 is 2.44 bits per heavy atom. The van der Waals surface area contributed by atoms with Crippen LogP contribution >= 0.6 is 11.6 Å². The maximum atomic E-state index is 13.7. The van der Waals surface area contributed by atoms with Crippen molar-refractivity contribution < 1.29 is 24.2 Å². The van der Waals surface area contributed by atoms with Gasteiger partial charge in [-0.3, -0.25) is 14.5 Å². The number of nitrogens with zero attached hydrogens (tertiary/aromatic N) is 4. The lowest BCUT2D eigenvalue weighted by Gasteiger charge is -2.65. The van der Waals surface area contributed by atoms with Crippen molar-refractivity contribution in [1.29, 1.82) is 5.26 Å². The van der Waals surface area contributed by atoms with Crippen molar-refractivity contribution >= 4 is 29.2 Å². The third-order valence-corrected chi connectivity index (χ3v) is 9.59. The van der Waals surface area contributed by atoms with Crippen LogP contribution in [0.1, 0.15) is 62.0 Å². The Hall–Kier alpha value is -3.32. The minimum Gasteiger partial charge on any atom is -0.489 e. The van der Waals surface area contributed by atoms with E-state index in [4.69, 9.17) is 26.2 Å². The minimum absolute atomic E-state index is 0.0166. The highest BCUT2D eigenvalue weighted by Gasteiger charge is 2.67. The number of carboxylic acid groups (broad SMARTS) is 1. The van der Waals surface area contributed by atoms with Gasteiger partial charge in [0.05, 0.1) is 17.2 Å². The molecule has 43 heavy (non-hydrogen) atoms. The van der Waals surface area contributed by atoms with Crippen LogP contribution in [0, 0.1) is 22.2 Å². The van der Waals surface area contributed by atoms with Crippen LogP contribution in [-0.2, 0) is 16.1 Å². The van der Waals surface area contributed by atoms with Crippen LogP contribution in [0.4, 0.5) is 5.69 Å². The second-order valence-corrected chi connectivity index (χ2v) is 13.4. The number of carboxylic acids is 1. The number of hydrogen-bond donors (Lipinski definition) is 1. The van der Waals surface area contributed by atoms with Crippen LogP contribution in [0.2, 0.25) is 5.02 Å². The third-order valence-electron chi connectivity index (χ3n) is 9.28. The standard InChI is InChI=1S/C33H41ClN4O5/c1-32(2)30(33(3,4)31(32)43-25-9-7-22(20-35)27(34)19-25)38-21-23-18-24(8-10-26(23)29(38)41)37-13-11-36(12-14-37)15-17-42-16-5-6-28(39)40/h7-10,18-19,30-31H,5-6,11-17,21H2,1-4H3,(H,39,40)/t30-,31-. The van der Waals surface area contributed by atoms with Crippen molar-refractivity contribution in [2.24, 2.45) is 10.8 Å². The number of rotatable bonds is 11. The fourth-order valence-corrected chi connectivity index (χ4v) is 7.81. The van der Waals surface area contributed by atoms with Gasteiger partial charge in [-0.2, -0.15) is 5.26 Å². The first-order valence-electron chi connectivity index (χ1n) is 15.0. The molecule has 9 nitrogen and oxygen atoms in total. The molecule has 1 amide bonds. The summed E-state index contributed by atoms with van der Waals surface area (Å²) in [6.45, 7) is 14.8. The van der Waals surface area contributed by atoms with E-state index in [0.29, 0.717) is 42.5 Å². The highest BCUT2D eigenvalue weighted by atomic mass is 35.5. The van der Waals surface area contributed by atoms with Crippen molar-refractivity contribution in [3.8, 4) is 11.8 Å². The Balaban J connectivity index is 1.18. The lowest BCUT2D eigenvalue weighted by Crippen LogP contribution is -2.74. The fourth-order valence-electron chi connectivity index (χ4n) is 7.60. The molecular weight excluding hydrogens is 568 g/mol. The number of aliphatic carboxylic acids is 1. The zero-order chi connectivity index (χ0) is 30.9. The lowest BCUT2D eigenvalue weighted by molar-refractivity contribution is -0.199. The van der Waals surface area contributed by atoms with E-state index >= 15 is 0 Å². The van der Waals surface area contributed by atoms with Gasteiger partial charge in [-0.05, 0) is 42.3 Å². The van der Waals surface area contributed by atoms with Crippen molar-refractivity contribution in [1.82, 2.24) is 9.80 Å². The van der Waals surface area contributed by atoms with Crippen LogP contribution in [-0.4, -0.2) is 84.9 Å². The molecule has 10 heteroatoms. The average molecular weight is 609 g/mol. The molecule has 5 rings (SSSR count). The number of ether oxygens (including phenoxy) is 2. The predicted octanol–water partition coefficient (Wildman–Crippen LogP) is 5.05. The van der Waals surface area contributed by atoms with Crippen LogP contribution in [0.25, 0.3) is 0 Å². The van der Waals surface area contributed by atoms with Crippen molar-refractivity contribution in [2.45, 2.75) is 59.2 Å². The molecule has 1 aliphatic carbocycles. The van der Waals surface area contributed by atoms with Crippen LogP contribution in [0.5, 0.6) is 5.75 Å². The minimum atomic E-state index is -0.787. The fraction of sp³-hybridized carbons (Fsp3) is 0.545. The largest absolute Gasteiger partial charge is 0.489 e. The highest BCUT2D eigenvalue weighted by Crippen LogP contribution is 2.59. The van der Waals surface area contributed by atoms with E-state index in [1.807, 2.05) is 11.0 Å². The summed E-state index contributed by atoms with van der Waals surface area (Å²) < 4.78 is 12.1. The van der Waals surface area contributed by atoms with Gasteiger partial charge < -0.3 is 24.4 Å². The summed E-state index contributed by atoms with van der Waals surface area (Å²) >= 11 is 6.26. The summed E-state index contributed by atoms with van der Waals surface area (Å²) in [5, 5.41) is 18.3. The molecule has 2 fully saturated rings. The number of carbonyl (C=O) groups excluding carboxylic acids is 1. The summed E-state index contributed by atoms with van der Waals surface area (Å²) in [5.74, 6) is -0.0946. The number of amides is 1. The number of anilines is 1. The SMILES string of the molecule is CC1(C)[C@H](Oc2ccc(C#N)c(Cl)c2)C(C)(C)[C@H]1N1Cc2cc(N3CCN(CCOCCCC(=O)O)CC3)ccc2C1=O. The molecule has 0 atom stereocenters. The van der Waals surface area contributed by atoms with Gasteiger partial charge in [0, 0.05) is 86.5 Å². The molecule has 0 radical (unpaired) electrons. The van der Waals surface area contributed by atoms with Gasteiger partial charge in [0.25, 0.3) is 5.91 Å². The average Bonchev–Trinajstić information content (AvgIpc) is 3.27. The normalized spacial score (nSPS) is 22.6. The van der Waals surface area contributed by atoms with Crippen LogP contribution in [0.3, 0.4) is 0 Å². The van der Waals surface area contributed by atoms with E-state index in [2.05, 4.69) is 55.7 Å². The summed E-state index contributed by atoms with van der Waals surface area (Å²) in [4.78, 5) is 31.1. The van der Waals surface area contributed by atoms with Crippen molar-refractivity contribution in [2.75, 3.05) is 50.8 Å². The van der Waals surface area contributed by atoms with Crippen molar-refractivity contribution in [3.63, 3.8) is 0 Å². The number of halogens is 1. The van der Waals surface area contributed by atoms with E-state index in [9.17, 15) is 14.9 Å². The Kier molecular flexibility index (Phi) is 8.94. The number of nitriles is 1. The summed E-state index contributed by atoms with van der Waals surface area (Å²) in [5.41, 5.74) is 2.79. The van der Waals surface area contributed by atoms with Gasteiger partial charge in [0.2, 0.25) is 0 Å². The Morgan fingerprint density at radius 2 is 1.79 bits per heavy atom. The maximum absolute atomic E-state index is 13.7. The zero-order valence-electron chi connectivity index (χ0n) is 25.4. The number of fused-ring (bicyclic) bond motifs is 1. The molecule has 2 heterocycles. The van der Waals surface area contributed by atoms with Gasteiger partial charge >= 0.3 is 5.97 Å². The van der Waals surface area contributed by atoms with E-state index in [1.165, 1.54) is 0 Å². The first-order valence-corrected chi connectivity index (χ1v) is 15.4. The second-order valence-electron chi connectivity index (χ2n) is 13.0. The van der Waals surface area contributed by atoms with E-state index in [0.717, 1.165) is 49.5 Å². The quantitative estimate of drug-likeness (QED) is 0.353. The molecule has 2 aromatic carbocycles. The first kappa shape index (κ1) is 31.1. The number of carbonyl (C=O) groups is 2. The summed E-state index contributed by atoms with van der Waals surface area (Å²) in [6, 6.07) is 13.4. The van der Waals surface area contributed by atoms with E-state index < -0.39 is 5.97 Å². The molecule has 0 aromatic heterocycles. The number of benzene rings is 2. The molecule has 1 saturated heterocycles. The lowest BCUT2D eigenvalue weighted by atomic mass is 9.49. The molecule has 0 bridgehead atoms. The maximum Gasteiger partial charge on any atom is 0.303 e. The van der Waals surface area contributed by atoms with Crippen molar-refractivity contribution in [3.05, 3.63) is 58.1 Å². The molecule has 1 N–H and O–H groups in total. The third kappa shape index (κ3) is 6.19. The molecule has 0 spiro atoms. The van der Waals surface area contributed by atoms with Gasteiger partial charge in [-0.25, -0.2) is 0 Å². The van der Waals surface area contributed by atoms with E-state index in [-0.39, 0.29) is 35.3 Å². The Labute approximate surface area is 258 Å². The predicted molar refractivity (Wildman–Crippen MR) is 165 cm³/mol. The number of hydrogen-bond acceptors (Lipinski definition) is 7. The monoisotopic (exact) mass is 608 g/mol. The van der Waals surface area contributed by atoms with Crippen LogP contribution < -0.4 is 9.64 Å². The van der Waals surface area contributed by atoms with Crippen LogP contribution in [0.15, 0.2) is 36.4 Å². The highest BCUT2D eigenvalue weighted by molar-refractivity contribution is 6.31. The molecule has 2 aliphatic heterocycles. The summed E-state index contributed by atoms with van der Waals surface area (Å²) in [6.07, 6.45) is 0.538. The van der Waals surface area contributed by atoms with Gasteiger partial charge in [0.1, 0.15) is 17.9 Å². The smallest absolute Gasteiger partial charge is 0.303 e. The van der Waals surface area contributed by atoms with E-state index in [1.54, 1.807) is 18.2 Å². The first-order chi connectivity index (χ1) is 20.4. The second kappa shape index (κ2) is 12.4. The molecular formula is C33H41ClN4O5. The molecule has 1 saturated carbocycles. The molecule has 230 valence electrons.